The second kappa shape index (κ2) is 7.28. The number of pyridine rings is 1. The molecule has 0 saturated heterocycles. The van der Waals surface area contributed by atoms with Crippen LogP contribution >= 0.6 is 0 Å². The molecule has 0 bridgehead atoms. The van der Waals surface area contributed by atoms with E-state index < -0.39 is 0 Å². The minimum atomic E-state index is 0.0440. The Morgan fingerprint density at radius 1 is 1.43 bits per heavy atom. The predicted octanol–water partition coefficient (Wildman–Crippen LogP) is 2.43. The largest absolute Gasteiger partial charge is 0.395 e. The molecule has 0 amide bonds. The Morgan fingerprint density at radius 3 is 2.76 bits per heavy atom. The average Bonchev–Trinajstić information content (AvgIpc) is 2.48. The number of nitriles is 1. The maximum atomic E-state index is 9.33. The third kappa shape index (κ3) is 3.85. The number of aliphatic hydroxyl groups excluding tert-OH is 1. The number of aryl methyl sites for hydroxylation is 1. The van der Waals surface area contributed by atoms with Crippen molar-refractivity contribution in [3.8, 4) is 6.07 Å². The van der Waals surface area contributed by atoms with E-state index in [9.17, 15) is 5.26 Å². The van der Waals surface area contributed by atoms with Crippen molar-refractivity contribution >= 4 is 11.6 Å². The summed E-state index contributed by atoms with van der Waals surface area (Å²) in [6.45, 7) is 2.44. The van der Waals surface area contributed by atoms with Crippen LogP contribution in [0.1, 0.15) is 43.2 Å². The highest BCUT2D eigenvalue weighted by atomic mass is 16.3. The SMILES string of the molecule is Cc1cc(NC2CCCCC2)nc(N(C)CCO)c1C#N. The second-order valence-electron chi connectivity index (χ2n) is 5.76. The van der Waals surface area contributed by atoms with Crippen LogP contribution in [0.25, 0.3) is 0 Å². The van der Waals surface area contributed by atoms with Crippen molar-refractivity contribution in [2.45, 2.75) is 45.1 Å². The fourth-order valence-corrected chi connectivity index (χ4v) is 2.86. The number of likely N-dealkylation sites (N-methyl/N-ethyl adjacent to an activating group) is 1. The molecule has 2 rings (SSSR count). The number of hydrogen-bond donors (Lipinski definition) is 2. The molecule has 0 spiro atoms. The molecule has 1 saturated carbocycles. The molecule has 1 aliphatic rings. The average molecular weight is 288 g/mol. The van der Waals surface area contributed by atoms with Gasteiger partial charge in [0.05, 0.1) is 12.2 Å². The van der Waals surface area contributed by atoms with Gasteiger partial charge in [-0.2, -0.15) is 5.26 Å². The minimum Gasteiger partial charge on any atom is -0.395 e. The van der Waals surface area contributed by atoms with E-state index in [4.69, 9.17) is 5.11 Å². The molecule has 0 aromatic carbocycles. The fourth-order valence-electron chi connectivity index (χ4n) is 2.86. The molecule has 1 aromatic rings. The van der Waals surface area contributed by atoms with Crippen molar-refractivity contribution in [2.24, 2.45) is 0 Å². The first-order valence-electron chi connectivity index (χ1n) is 7.66. The van der Waals surface area contributed by atoms with E-state index in [0.717, 1.165) is 11.4 Å². The Hall–Kier alpha value is -1.80. The van der Waals surface area contributed by atoms with E-state index in [0.29, 0.717) is 24.0 Å². The number of anilines is 2. The highest BCUT2D eigenvalue weighted by Gasteiger charge is 2.17. The van der Waals surface area contributed by atoms with Gasteiger partial charge in [-0.25, -0.2) is 4.98 Å². The van der Waals surface area contributed by atoms with Gasteiger partial charge in [0, 0.05) is 19.6 Å². The van der Waals surface area contributed by atoms with Crippen molar-refractivity contribution in [1.82, 2.24) is 4.98 Å². The van der Waals surface area contributed by atoms with Crippen molar-refractivity contribution < 1.29 is 5.11 Å². The van der Waals surface area contributed by atoms with Gasteiger partial charge >= 0.3 is 0 Å². The summed E-state index contributed by atoms with van der Waals surface area (Å²) in [6, 6.07) is 4.65. The highest BCUT2D eigenvalue weighted by Crippen LogP contribution is 2.26. The van der Waals surface area contributed by atoms with Gasteiger partial charge in [0.15, 0.2) is 0 Å². The molecule has 5 nitrogen and oxygen atoms in total. The Labute approximate surface area is 126 Å². The fraction of sp³-hybridized carbons (Fsp3) is 0.625. The minimum absolute atomic E-state index is 0.0440. The van der Waals surface area contributed by atoms with Gasteiger partial charge in [-0.1, -0.05) is 19.3 Å². The van der Waals surface area contributed by atoms with Gasteiger partial charge < -0.3 is 15.3 Å². The molecule has 1 aliphatic carbocycles. The normalized spacial score (nSPS) is 15.5. The maximum Gasteiger partial charge on any atom is 0.149 e. The molecule has 1 heterocycles. The summed E-state index contributed by atoms with van der Waals surface area (Å²) < 4.78 is 0. The molecule has 0 aliphatic heterocycles. The van der Waals surface area contributed by atoms with Gasteiger partial charge in [0.1, 0.15) is 17.7 Å². The van der Waals surface area contributed by atoms with Crippen molar-refractivity contribution in [1.29, 1.82) is 5.26 Å². The number of nitrogens with one attached hydrogen (secondary N) is 1. The Bertz CT molecular complexity index is 518. The zero-order valence-corrected chi connectivity index (χ0v) is 12.9. The maximum absolute atomic E-state index is 9.33. The van der Waals surface area contributed by atoms with Gasteiger partial charge in [-0.05, 0) is 31.4 Å². The summed E-state index contributed by atoms with van der Waals surface area (Å²) >= 11 is 0. The third-order valence-corrected chi connectivity index (χ3v) is 4.06. The Balaban J connectivity index is 2.24. The van der Waals surface area contributed by atoms with E-state index in [1.54, 1.807) is 0 Å². The van der Waals surface area contributed by atoms with Crippen LogP contribution in [0.4, 0.5) is 11.6 Å². The van der Waals surface area contributed by atoms with Crippen LogP contribution in [0.15, 0.2) is 6.07 Å². The van der Waals surface area contributed by atoms with E-state index in [1.807, 2.05) is 24.9 Å². The molecule has 5 heteroatoms. The zero-order chi connectivity index (χ0) is 15.2. The number of aliphatic hydroxyl groups is 1. The molecule has 0 unspecified atom stereocenters. The predicted molar refractivity (Wildman–Crippen MR) is 84.5 cm³/mol. The van der Waals surface area contributed by atoms with E-state index >= 15 is 0 Å². The third-order valence-electron chi connectivity index (χ3n) is 4.06. The van der Waals surface area contributed by atoms with Gasteiger partial charge in [-0.15, -0.1) is 0 Å². The summed E-state index contributed by atoms with van der Waals surface area (Å²) in [7, 11) is 1.85. The molecule has 1 fully saturated rings. The quantitative estimate of drug-likeness (QED) is 0.870. The van der Waals surface area contributed by atoms with Crippen LogP contribution in [0, 0.1) is 18.3 Å². The molecule has 1 aromatic heterocycles. The molecular weight excluding hydrogens is 264 g/mol. The van der Waals surface area contributed by atoms with E-state index in [1.165, 1.54) is 32.1 Å². The summed E-state index contributed by atoms with van der Waals surface area (Å²) in [5, 5.41) is 21.9. The smallest absolute Gasteiger partial charge is 0.149 e. The monoisotopic (exact) mass is 288 g/mol. The molecular formula is C16H24N4O. The summed E-state index contributed by atoms with van der Waals surface area (Å²) in [5.74, 6) is 1.48. The lowest BCUT2D eigenvalue weighted by atomic mass is 9.95. The molecule has 114 valence electrons. The van der Waals surface area contributed by atoms with Crippen LogP contribution in [-0.2, 0) is 0 Å². The molecule has 2 N–H and O–H groups in total. The second-order valence-corrected chi connectivity index (χ2v) is 5.76. The van der Waals surface area contributed by atoms with Gasteiger partial charge in [0.25, 0.3) is 0 Å². The number of hydrogen-bond acceptors (Lipinski definition) is 5. The first-order valence-corrected chi connectivity index (χ1v) is 7.66. The van der Waals surface area contributed by atoms with Crippen molar-refractivity contribution in [3.63, 3.8) is 0 Å². The van der Waals surface area contributed by atoms with Crippen molar-refractivity contribution in [2.75, 3.05) is 30.4 Å². The molecule has 21 heavy (non-hydrogen) atoms. The summed E-state index contributed by atoms with van der Waals surface area (Å²) in [4.78, 5) is 6.43. The van der Waals surface area contributed by atoms with Gasteiger partial charge in [0.2, 0.25) is 0 Å². The van der Waals surface area contributed by atoms with Crippen LogP contribution in [0.2, 0.25) is 0 Å². The van der Waals surface area contributed by atoms with Crippen LogP contribution in [0.5, 0.6) is 0 Å². The topological polar surface area (TPSA) is 72.2 Å². The lowest BCUT2D eigenvalue weighted by molar-refractivity contribution is 0.304. The standard InChI is InChI=1S/C16H24N4O/c1-12-10-15(18-13-6-4-3-5-7-13)19-16(14(12)11-17)20(2)8-9-21/h10,13,21H,3-9H2,1-2H3,(H,18,19). The number of nitrogens with zero attached hydrogens (tertiary/aromatic N) is 3. The lowest BCUT2D eigenvalue weighted by Gasteiger charge is -2.25. The zero-order valence-electron chi connectivity index (χ0n) is 12.9. The number of rotatable bonds is 5. The summed E-state index contributed by atoms with van der Waals surface area (Å²) in [5.41, 5.74) is 1.51. The van der Waals surface area contributed by atoms with Crippen LogP contribution in [0.3, 0.4) is 0 Å². The first kappa shape index (κ1) is 15.6. The van der Waals surface area contributed by atoms with Crippen molar-refractivity contribution in [3.05, 3.63) is 17.2 Å². The molecule has 0 radical (unpaired) electrons. The summed E-state index contributed by atoms with van der Waals surface area (Å²) in [6.07, 6.45) is 6.22. The lowest BCUT2D eigenvalue weighted by Crippen LogP contribution is -2.26. The van der Waals surface area contributed by atoms with E-state index in [2.05, 4.69) is 16.4 Å². The van der Waals surface area contributed by atoms with Gasteiger partial charge in [-0.3, -0.25) is 0 Å². The number of aromatic nitrogens is 1. The van der Waals surface area contributed by atoms with Crippen LogP contribution < -0.4 is 10.2 Å². The van der Waals surface area contributed by atoms with E-state index in [-0.39, 0.29) is 6.61 Å². The highest BCUT2D eigenvalue weighted by molar-refractivity contribution is 5.62. The van der Waals surface area contributed by atoms with Crippen LogP contribution in [-0.4, -0.2) is 36.3 Å². The first-order chi connectivity index (χ1) is 10.2. The Morgan fingerprint density at radius 2 is 2.14 bits per heavy atom. The Kier molecular flexibility index (Phi) is 5.40. The molecule has 0 atom stereocenters.